The summed E-state index contributed by atoms with van der Waals surface area (Å²) >= 11 is 0. The molecule has 1 atom stereocenters. The summed E-state index contributed by atoms with van der Waals surface area (Å²) < 4.78 is 0. The molecule has 0 amide bonds. The molecule has 3 rings (SSSR count). The van der Waals surface area contributed by atoms with E-state index in [1.165, 1.54) is 41.5 Å². The Kier molecular flexibility index (Phi) is 5.35. The molecule has 0 saturated heterocycles. The number of rotatable bonds is 8. The molecule has 2 aromatic rings. The molecule has 0 spiro atoms. The highest BCUT2D eigenvalue weighted by Gasteiger charge is 2.21. The summed E-state index contributed by atoms with van der Waals surface area (Å²) in [5, 5.41) is 0. The van der Waals surface area contributed by atoms with E-state index < -0.39 is 0 Å². The minimum absolute atomic E-state index is 0.587. The van der Waals surface area contributed by atoms with Crippen molar-refractivity contribution in [3.05, 3.63) is 53.6 Å². The SMILES string of the molecule is CCCCC(CC)COOc1cccc2c1Cc1ccccc1-2. The quantitative estimate of drug-likeness (QED) is 0.387. The van der Waals surface area contributed by atoms with Gasteiger partial charge in [0.1, 0.15) is 0 Å². The van der Waals surface area contributed by atoms with Gasteiger partial charge in [0, 0.05) is 12.0 Å². The number of benzene rings is 2. The van der Waals surface area contributed by atoms with E-state index in [0.717, 1.165) is 18.6 Å². The van der Waals surface area contributed by atoms with Crippen LogP contribution in [0.2, 0.25) is 0 Å². The zero-order chi connectivity index (χ0) is 16.1. The van der Waals surface area contributed by atoms with Gasteiger partial charge in [-0.1, -0.05) is 69.5 Å². The zero-order valence-electron chi connectivity index (χ0n) is 14.2. The molecule has 23 heavy (non-hydrogen) atoms. The van der Waals surface area contributed by atoms with Crippen molar-refractivity contribution < 1.29 is 9.78 Å². The lowest BCUT2D eigenvalue weighted by Crippen LogP contribution is -2.11. The van der Waals surface area contributed by atoms with E-state index in [-0.39, 0.29) is 0 Å². The second-order valence-corrected chi connectivity index (χ2v) is 6.40. The molecule has 2 aromatic carbocycles. The Morgan fingerprint density at radius 2 is 1.83 bits per heavy atom. The number of hydrogen-bond acceptors (Lipinski definition) is 2. The van der Waals surface area contributed by atoms with Crippen molar-refractivity contribution in [3.8, 4) is 16.9 Å². The van der Waals surface area contributed by atoms with Crippen LogP contribution in [0.15, 0.2) is 42.5 Å². The maximum atomic E-state index is 5.69. The van der Waals surface area contributed by atoms with Gasteiger partial charge in [0.15, 0.2) is 5.75 Å². The predicted molar refractivity (Wildman–Crippen MR) is 94.6 cm³/mol. The topological polar surface area (TPSA) is 18.5 Å². The molecule has 0 aromatic heterocycles. The smallest absolute Gasteiger partial charge is 0.169 e. The monoisotopic (exact) mass is 310 g/mol. The van der Waals surface area contributed by atoms with Gasteiger partial charge in [0.25, 0.3) is 0 Å². The van der Waals surface area contributed by atoms with Crippen molar-refractivity contribution in [2.75, 3.05) is 6.61 Å². The normalized spacial score (nSPS) is 13.5. The molecule has 0 saturated carbocycles. The van der Waals surface area contributed by atoms with Crippen LogP contribution in [0.1, 0.15) is 50.7 Å². The molecule has 0 fully saturated rings. The fourth-order valence-electron chi connectivity index (χ4n) is 3.30. The minimum atomic E-state index is 0.587. The highest BCUT2D eigenvalue weighted by Crippen LogP contribution is 2.40. The van der Waals surface area contributed by atoms with Crippen LogP contribution in [-0.4, -0.2) is 6.61 Å². The molecular weight excluding hydrogens is 284 g/mol. The fourth-order valence-corrected chi connectivity index (χ4v) is 3.30. The summed E-state index contributed by atoms with van der Waals surface area (Å²) in [7, 11) is 0. The summed E-state index contributed by atoms with van der Waals surface area (Å²) in [5.41, 5.74) is 5.21. The Bertz CT molecular complexity index is 648. The number of hydrogen-bond donors (Lipinski definition) is 0. The average Bonchev–Trinajstić information content (AvgIpc) is 2.97. The second-order valence-electron chi connectivity index (χ2n) is 6.40. The lowest BCUT2D eigenvalue weighted by Gasteiger charge is -2.15. The molecule has 0 radical (unpaired) electrons. The molecule has 1 unspecified atom stereocenters. The van der Waals surface area contributed by atoms with Crippen LogP contribution in [0, 0.1) is 5.92 Å². The van der Waals surface area contributed by atoms with Crippen LogP contribution in [0.25, 0.3) is 11.1 Å². The third kappa shape index (κ3) is 3.59. The Labute approximate surface area is 139 Å². The van der Waals surface area contributed by atoms with Crippen LogP contribution in [-0.2, 0) is 11.3 Å². The largest absolute Gasteiger partial charge is 0.337 e. The first-order valence-electron chi connectivity index (χ1n) is 8.83. The van der Waals surface area contributed by atoms with Crippen molar-refractivity contribution in [2.24, 2.45) is 5.92 Å². The van der Waals surface area contributed by atoms with Crippen molar-refractivity contribution in [2.45, 2.75) is 46.0 Å². The van der Waals surface area contributed by atoms with Gasteiger partial charge >= 0.3 is 0 Å². The van der Waals surface area contributed by atoms with E-state index in [1.807, 2.05) is 12.1 Å². The molecule has 2 nitrogen and oxygen atoms in total. The first-order chi connectivity index (χ1) is 11.3. The van der Waals surface area contributed by atoms with Crippen LogP contribution in [0.5, 0.6) is 5.75 Å². The third-order valence-corrected chi connectivity index (χ3v) is 4.80. The van der Waals surface area contributed by atoms with E-state index >= 15 is 0 Å². The van der Waals surface area contributed by atoms with Crippen LogP contribution >= 0.6 is 0 Å². The molecule has 2 heteroatoms. The highest BCUT2D eigenvalue weighted by molar-refractivity contribution is 5.78. The summed E-state index contributed by atoms with van der Waals surface area (Å²) in [5.74, 6) is 1.45. The van der Waals surface area contributed by atoms with Crippen molar-refractivity contribution in [3.63, 3.8) is 0 Å². The van der Waals surface area contributed by atoms with Gasteiger partial charge in [-0.25, -0.2) is 0 Å². The summed E-state index contributed by atoms with van der Waals surface area (Å²) in [6, 6.07) is 14.8. The van der Waals surface area contributed by atoms with Gasteiger partial charge in [0.05, 0.1) is 6.61 Å². The Morgan fingerprint density at radius 3 is 2.65 bits per heavy atom. The molecule has 0 heterocycles. The predicted octanol–water partition coefficient (Wildman–Crippen LogP) is 5.78. The van der Waals surface area contributed by atoms with Gasteiger partial charge in [-0.05, 0) is 35.1 Å². The molecule has 1 aliphatic rings. The molecule has 1 aliphatic carbocycles. The summed E-state index contributed by atoms with van der Waals surface area (Å²) in [6.45, 7) is 5.13. The Morgan fingerprint density at radius 1 is 1.00 bits per heavy atom. The van der Waals surface area contributed by atoms with Gasteiger partial charge in [0.2, 0.25) is 0 Å². The first kappa shape index (κ1) is 16.1. The number of fused-ring (bicyclic) bond motifs is 3. The lowest BCUT2D eigenvalue weighted by atomic mass is 10.0. The second kappa shape index (κ2) is 7.65. The fraction of sp³-hybridized carbons (Fsp3) is 0.429. The van der Waals surface area contributed by atoms with Crippen LogP contribution in [0.4, 0.5) is 0 Å². The van der Waals surface area contributed by atoms with Crippen molar-refractivity contribution in [1.29, 1.82) is 0 Å². The van der Waals surface area contributed by atoms with Crippen LogP contribution in [0.3, 0.4) is 0 Å². The summed E-state index contributed by atoms with van der Waals surface area (Å²) in [4.78, 5) is 11.3. The van der Waals surface area contributed by atoms with Gasteiger partial charge < -0.3 is 4.89 Å². The van der Waals surface area contributed by atoms with E-state index in [9.17, 15) is 0 Å². The zero-order valence-corrected chi connectivity index (χ0v) is 14.2. The minimum Gasteiger partial charge on any atom is -0.337 e. The molecular formula is C21H26O2. The van der Waals surface area contributed by atoms with E-state index in [4.69, 9.17) is 9.78 Å². The molecule has 0 bridgehead atoms. The Balaban J connectivity index is 1.64. The average molecular weight is 310 g/mol. The standard InChI is InChI=1S/C21H26O2/c1-3-5-9-16(4-2)15-22-23-21-13-8-12-19-18-11-7-6-10-17(18)14-20(19)21/h6-8,10-13,16H,3-5,9,14-15H2,1-2H3. The van der Waals surface area contributed by atoms with Gasteiger partial charge in [-0.3, -0.25) is 0 Å². The van der Waals surface area contributed by atoms with E-state index in [1.54, 1.807) is 0 Å². The highest BCUT2D eigenvalue weighted by atomic mass is 17.2. The maximum absolute atomic E-state index is 5.69. The molecule has 122 valence electrons. The van der Waals surface area contributed by atoms with E-state index in [0.29, 0.717) is 12.5 Å². The van der Waals surface area contributed by atoms with E-state index in [2.05, 4.69) is 44.2 Å². The van der Waals surface area contributed by atoms with Gasteiger partial charge in [-0.15, -0.1) is 0 Å². The van der Waals surface area contributed by atoms with Crippen molar-refractivity contribution in [1.82, 2.24) is 0 Å². The molecule has 0 aliphatic heterocycles. The maximum Gasteiger partial charge on any atom is 0.169 e. The molecule has 0 N–H and O–H groups in total. The number of unbranched alkanes of at least 4 members (excludes halogenated alkanes) is 1. The van der Waals surface area contributed by atoms with Crippen molar-refractivity contribution >= 4 is 0 Å². The first-order valence-corrected chi connectivity index (χ1v) is 8.83. The lowest BCUT2D eigenvalue weighted by molar-refractivity contribution is -0.217. The summed E-state index contributed by atoms with van der Waals surface area (Å²) in [6.07, 6.45) is 5.79. The van der Waals surface area contributed by atoms with Gasteiger partial charge in [-0.2, -0.15) is 4.89 Å². The Hall–Kier alpha value is -1.80. The van der Waals surface area contributed by atoms with Crippen LogP contribution < -0.4 is 4.89 Å². The third-order valence-electron chi connectivity index (χ3n) is 4.80.